The molecule has 0 amide bonds. The van der Waals surface area contributed by atoms with Crippen molar-refractivity contribution in [3.8, 4) is 0 Å². The third kappa shape index (κ3) is 2.03. The SMILES string of the molecule is C[C@]1(c2ccccc2)C[C@@](O)(C(F)(F)F)ON1. The van der Waals surface area contributed by atoms with Gasteiger partial charge in [0.15, 0.2) is 0 Å². The Bertz CT molecular complexity index is 409. The Morgan fingerprint density at radius 1 is 1.29 bits per heavy atom. The Morgan fingerprint density at radius 3 is 2.35 bits per heavy atom. The molecule has 1 aliphatic heterocycles. The summed E-state index contributed by atoms with van der Waals surface area (Å²) in [7, 11) is 0. The number of nitrogens with one attached hydrogen (secondary N) is 1. The molecule has 1 heterocycles. The molecule has 0 radical (unpaired) electrons. The normalized spacial score (nSPS) is 33.9. The Kier molecular flexibility index (Phi) is 2.68. The van der Waals surface area contributed by atoms with Crippen LogP contribution in [0, 0.1) is 0 Å². The van der Waals surface area contributed by atoms with Gasteiger partial charge in [-0.05, 0) is 12.5 Å². The van der Waals surface area contributed by atoms with E-state index in [4.69, 9.17) is 0 Å². The van der Waals surface area contributed by atoms with Crippen LogP contribution in [0.2, 0.25) is 0 Å². The van der Waals surface area contributed by atoms with E-state index in [9.17, 15) is 18.3 Å². The van der Waals surface area contributed by atoms with Gasteiger partial charge >= 0.3 is 6.18 Å². The highest BCUT2D eigenvalue weighted by molar-refractivity contribution is 5.24. The molecule has 1 aromatic carbocycles. The zero-order valence-electron chi connectivity index (χ0n) is 9.08. The van der Waals surface area contributed by atoms with Gasteiger partial charge in [-0.3, -0.25) is 4.84 Å². The fourth-order valence-corrected chi connectivity index (χ4v) is 1.87. The van der Waals surface area contributed by atoms with Crippen molar-refractivity contribution >= 4 is 0 Å². The van der Waals surface area contributed by atoms with Crippen LogP contribution in [-0.4, -0.2) is 17.1 Å². The maximum Gasteiger partial charge on any atom is 0.444 e. The molecule has 1 aliphatic rings. The van der Waals surface area contributed by atoms with E-state index in [2.05, 4.69) is 10.3 Å². The molecule has 0 bridgehead atoms. The number of hydrogen-bond donors (Lipinski definition) is 2. The summed E-state index contributed by atoms with van der Waals surface area (Å²) >= 11 is 0. The highest BCUT2D eigenvalue weighted by Crippen LogP contribution is 2.44. The van der Waals surface area contributed by atoms with Crippen molar-refractivity contribution in [2.45, 2.75) is 30.8 Å². The van der Waals surface area contributed by atoms with Crippen LogP contribution in [0.25, 0.3) is 0 Å². The summed E-state index contributed by atoms with van der Waals surface area (Å²) in [6.07, 6.45) is -5.42. The van der Waals surface area contributed by atoms with Crippen LogP contribution in [0.3, 0.4) is 0 Å². The van der Waals surface area contributed by atoms with E-state index in [1.54, 1.807) is 37.3 Å². The predicted molar refractivity (Wildman–Crippen MR) is 53.6 cm³/mol. The van der Waals surface area contributed by atoms with E-state index >= 15 is 0 Å². The van der Waals surface area contributed by atoms with Crippen LogP contribution in [0.5, 0.6) is 0 Å². The zero-order valence-corrected chi connectivity index (χ0v) is 9.08. The minimum atomic E-state index is -4.83. The van der Waals surface area contributed by atoms with E-state index in [0.29, 0.717) is 5.56 Å². The summed E-state index contributed by atoms with van der Waals surface area (Å²) in [5.41, 5.74) is 1.84. The number of alkyl halides is 3. The van der Waals surface area contributed by atoms with Gasteiger partial charge in [0.2, 0.25) is 0 Å². The third-order valence-electron chi connectivity index (χ3n) is 2.89. The highest BCUT2D eigenvalue weighted by atomic mass is 19.4. The van der Waals surface area contributed by atoms with Gasteiger partial charge in [0, 0.05) is 6.42 Å². The quantitative estimate of drug-likeness (QED) is 0.798. The summed E-state index contributed by atoms with van der Waals surface area (Å²) in [6, 6.07) is 8.55. The summed E-state index contributed by atoms with van der Waals surface area (Å²) < 4.78 is 37.8. The smallest absolute Gasteiger partial charge is 0.357 e. The lowest BCUT2D eigenvalue weighted by atomic mass is 9.87. The van der Waals surface area contributed by atoms with Crippen molar-refractivity contribution in [3.05, 3.63) is 35.9 Å². The van der Waals surface area contributed by atoms with Crippen LogP contribution < -0.4 is 5.48 Å². The molecule has 0 spiro atoms. The predicted octanol–water partition coefficient (Wildman–Crippen LogP) is 2.08. The second-order valence-corrected chi connectivity index (χ2v) is 4.36. The third-order valence-corrected chi connectivity index (χ3v) is 2.89. The van der Waals surface area contributed by atoms with Crippen LogP contribution in [-0.2, 0) is 10.4 Å². The first-order valence-corrected chi connectivity index (χ1v) is 5.07. The van der Waals surface area contributed by atoms with Gasteiger partial charge in [0.05, 0.1) is 5.54 Å². The van der Waals surface area contributed by atoms with Crippen LogP contribution in [0.15, 0.2) is 30.3 Å². The van der Waals surface area contributed by atoms with E-state index < -0.39 is 23.9 Å². The molecular formula is C11H12F3NO2. The monoisotopic (exact) mass is 247 g/mol. The molecule has 0 aliphatic carbocycles. The molecule has 0 unspecified atom stereocenters. The number of rotatable bonds is 1. The number of hydroxylamine groups is 1. The van der Waals surface area contributed by atoms with Crippen molar-refractivity contribution in [1.82, 2.24) is 5.48 Å². The van der Waals surface area contributed by atoms with E-state index in [-0.39, 0.29) is 0 Å². The lowest BCUT2D eigenvalue weighted by Crippen LogP contribution is -2.45. The van der Waals surface area contributed by atoms with E-state index in [0.717, 1.165) is 0 Å². The molecule has 94 valence electrons. The average Bonchev–Trinajstić information content (AvgIpc) is 2.58. The topological polar surface area (TPSA) is 41.5 Å². The van der Waals surface area contributed by atoms with Gasteiger partial charge in [-0.1, -0.05) is 30.3 Å². The minimum Gasteiger partial charge on any atom is -0.357 e. The van der Waals surface area contributed by atoms with Crippen LogP contribution in [0.1, 0.15) is 18.9 Å². The van der Waals surface area contributed by atoms with Crippen molar-refractivity contribution in [3.63, 3.8) is 0 Å². The fraction of sp³-hybridized carbons (Fsp3) is 0.455. The van der Waals surface area contributed by atoms with Crippen molar-refractivity contribution in [2.24, 2.45) is 0 Å². The van der Waals surface area contributed by atoms with Crippen LogP contribution in [0.4, 0.5) is 13.2 Å². The number of benzene rings is 1. The lowest BCUT2D eigenvalue weighted by Gasteiger charge is -2.25. The van der Waals surface area contributed by atoms with Crippen molar-refractivity contribution in [1.29, 1.82) is 0 Å². The van der Waals surface area contributed by atoms with E-state index in [1.807, 2.05) is 0 Å². The van der Waals surface area contributed by atoms with Gasteiger partial charge in [-0.25, -0.2) is 0 Å². The van der Waals surface area contributed by atoms with Crippen LogP contribution >= 0.6 is 0 Å². The molecule has 0 saturated carbocycles. The molecular weight excluding hydrogens is 235 g/mol. The Morgan fingerprint density at radius 2 is 1.88 bits per heavy atom. The molecule has 2 rings (SSSR count). The molecule has 17 heavy (non-hydrogen) atoms. The number of halogens is 3. The Labute approximate surface area is 96.2 Å². The molecule has 2 atom stereocenters. The Balaban J connectivity index is 2.28. The number of hydrogen-bond acceptors (Lipinski definition) is 3. The van der Waals surface area contributed by atoms with Gasteiger partial charge < -0.3 is 5.11 Å². The summed E-state index contributed by atoms with van der Waals surface area (Å²) in [6.45, 7) is 1.55. The highest BCUT2D eigenvalue weighted by Gasteiger charge is 2.63. The second-order valence-electron chi connectivity index (χ2n) is 4.36. The average molecular weight is 247 g/mol. The first kappa shape index (κ1) is 12.3. The first-order chi connectivity index (χ1) is 7.77. The molecule has 1 saturated heterocycles. The van der Waals surface area contributed by atoms with Gasteiger partial charge in [-0.15, -0.1) is 0 Å². The molecule has 1 aromatic rings. The van der Waals surface area contributed by atoms with Gasteiger partial charge in [-0.2, -0.15) is 18.7 Å². The molecule has 6 heteroatoms. The van der Waals surface area contributed by atoms with Gasteiger partial charge in [0.25, 0.3) is 5.79 Å². The standard InChI is InChI=1S/C11H12F3NO2/c1-9(8-5-3-2-4-6-8)7-10(16,17-15-9)11(12,13)14/h2-6,15-16H,7H2,1H3/t9-,10+/m1/s1. The zero-order chi connectivity index (χ0) is 12.7. The maximum absolute atomic E-state index is 12.6. The largest absolute Gasteiger partial charge is 0.444 e. The van der Waals surface area contributed by atoms with Crippen molar-refractivity contribution in [2.75, 3.05) is 0 Å². The second kappa shape index (κ2) is 3.69. The summed E-state index contributed by atoms with van der Waals surface area (Å²) in [5, 5.41) is 9.42. The number of aliphatic hydroxyl groups is 1. The first-order valence-electron chi connectivity index (χ1n) is 5.07. The molecule has 0 aromatic heterocycles. The fourth-order valence-electron chi connectivity index (χ4n) is 1.87. The molecule has 2 N–H and O–H groups in total. The lowest BCUT2D eigenvalue weighted by molar-refractivity contribution is -0.361. The van der Waals surface area contributed by atoms with E-state index in [1.165, 1.54) is 0 Å². The van der Waals surface area contributed by atoms with Crippen molar-refractivity contribution < 1.29 is 23.1 Å². The molecule has 3 nitrogen and oxygen atoms in total. The Hall–Kier alpha value is -1.11. The minimum absolute atomic E-state index is 0.590. The summed E-state index contributed by atoms with van der Waals surface area (Å²) in [4.78, 5) is 4.36. The van der Waals surface area contributed by atoms with Gasteiger partial charge in [0.1, 0.15) is 0 Å². The summed E-state index contributed by atoms with van der Waals surface area (Å²) in [5.74, 6) is -3.14. The maximum atomic E-state index is 12.6. The molecule has 1 fully saturated rings.